The molecule has 4 heteroatoms. The minimum absolute atomic E-state index is 0.562. The topological polar surface area (TPSA) is 39.1 Å². The fourth-order valence-corrected chi connectivity index (χ4v) is 3.32. The maximum atomic E-state index is 5.18. The van der Waals surface area contributed by atoms with Gasteiger partial charge in [-0.25, -0.2) is 4.98 Å². The molecule has 114 valence electrons. The largest absolute Gasteiger partial charge is 0.383 e. The van der Waals surface area contributed by atoms with Crippen LogP contribution in [0.25, 0.3) is 0 Å². The first-order chi connectivity index (χ1) is 9.61. The molecule has 0 saturated heterocycles. The Labute approximate surface area is 122 Å². The fourth-order valence-electron chi connectivity index (χ4n) is 3.32. The fraction of sp³-hybridized carbons (Fsp3) is 0.812. The highest BCUT2D eigenvalue weighted by Gasteiger charge is 2.28. The van der Waals surface area contributed by atoms with E-state index in [0.29, 0.717) is 6.04 Å². The number of aryl methyl sites for hydroxylation is 1. The molecule has 2 unspecified atom stereocenters. The van der Waals surface area contributed by atoms with E-state index in [1.165, 1.54) is 25.7 Å². The molecular weight excluding hydrogens is 250 g/mol. The average Bonchev–Trinajstić information content (AvgIpc) is 2.77. The molecule has 1 N–H and O–H groups in total. The maximum Gasteiger partial charge on any atom is 0.203 e. The molecule has 0 aliphatic heterocycles. The lowest BCUT2D eigenvalue weighted by Gasteiger charge is -2.35. The highest BCUT2D eigenvalue weighted by atomic mass is 16.5. The van der Waals surface area contributed by atoms with E-state index in [9.17, 15) is 0 Å². The molecule has 1 fully saturated rings. The van der Waals surface area contributed by atoms with Crippen molar-refractivity contribution in [2.75, 3.05) is 19.0 Å². The van der Waals surface area contributed by atoms with Crippen LogP contribution in [0.5, 0.6) is 0 Å². The SMILES string of the molecule is COCCn1cc(C)nc1NC1CCCCC1C(C)C. The Morgan fingerprint density at radius 1 is 1.40 bits per heavy atom. The Morgan fingerprint density at radius 2 is 2.15 bits per heavy atom. The van der Waals surface area contributed by atoms with Gasteiger partial charge in [-0.1, -0.05) is 26.7 Å². The first kappa shape index (κ1) is 15.4. The van der Waals surface area contributed by atoms with Crippen molar-refractivity contribution in [2.24, 2.45) is 11.8 Å². The van der Waals surface area contributed by atoms with Crippen LogP contribution >= 0.6 is 0 Å². The minimum Gasteiger partial charge on any atom is -0.383 e. The molecule has 1 aliphatic carbocycles. The number of methoxy groups -OCH3 is 1. The van der Waals surface area contributed by atoms with Gasteiger partial charge in [-0.05, 0) is 31.6 Å². The predicted octanol–water partition coefficient (Wildman–Crippen LogP) is 3.46. The molecule has 0 amide bonds. The molecule has 1 aromatic heterocycles. The lowest BCUT2D eigenvalue weighted by molar-refractivity contribution is 0.187. The van der Waals surface area contributed by atoms with Crippen LogP contribution in [-0.4, -0.2) is 29.3 Å². The third kappa shape index (κ3) is 3.75. The molecule has 0 spiro atoms. The van der Waals surface area contributed by atoms with Crippen LogP contribution in [0.4, 0.5) is 5.95 Å². The summed E-state index contributed by atoms with van der Waals surface area (Å²) in [6.07, 6.45) is 7.41. The van der Waals surface area contributed by atoms with Gasteiger partial charge in [-0.2, -0.15) is 0 Å². The number of hydrogen-bond donors (Lipinski definition) is 1. The van der Waals surface area contributed by atoms with Crippen LogP contribution in [0.15, 0.2) is 6.20 Å². The van der Waals surface area contributed by atoms with Gasteiger partial charge < -0.3 is 14.6 Å². The Hall–Kier alpha value is -1.03. The van der Waals surface area contributed by atoms with E-state index in [4.69, 9.17) is 4.74 Å². The van der Waals surface area contributed by atoms with E-state index < -0.39 is 0 Å². The second-order valence-electron chi connectivity index (χ2n) is 6.34. The summed E-state index contributed by atoms with van der Waals surface area (Å²) < 4.78 is 7.37. The second-order valence-corrected chi connectivity index (χ2v) is 6.34. The molecule has 2 rings (SSSR count). The zero-order valence-corrected chi connectivity index (χ0v) is 13.4. The van der Waals surface area contributed by atoms with E-state index in [2.05, 4.69) is 41.8 Å². The van der Waals surface area contributed by atoms with Gasteiger partial charge in [-0.3, -0.25) is 0 Å². The summed E-state index contributed by atoms with van der Waals surface area (Å²) in [6, 6.07) is 0.562. The third-order valence-electron chi connectivity index (χ3n) is 4.42. The molecule has 0 bridgehead atoms. The molecule has 0 aromatic carbocycles. The van der Waals surface area contributed by atoms with E-state index in [-0.39, 0.29) is 0 Å². The minimum atomic E-state index is 0.562. The Bertz CT molecular complexity index is 414. The van der Waals surface area contributed by atoms with E-state index in [0.717, 1.165) is 36.6 Å². The number of hydrogen-bond acceptors (Lipinski definition) is 3. The summed E-state index contributed by atoms with van der Waals surface area (Å²) >= 11 is 0. The van der Waals surface area contributed by atoms with E-state index >= 15 is 0 Å². The van der Waals surface area contributed by atoms with Crippen molar-refractivity contribution in [1.82, 2.24) is 9.55 Å². The first-order valence-electron chi connectivity index (χ1n) is 7.91. The summed E-state index contributed by atoms with van der Waals surface area (Å²) in [5.41, 5.74) is 1.07. The van der Waals surface area contributed by atoms with Crippen molar-refractivity contribution in [3.8, 4) is 0 Å². The van der Waals surface area contributed by atoms with Crippen molar-refractivity contribution in [3.63, 3.8) is 0 Å². The molecule has 20 heavy (non-hydrogen) atoms. The van der Waals surface area contributed by atoms with Gasteiger partial charge in [0.25, 0.3) is 0 Å². The summed E-state index contributed by atoms with van der Waals surface area (Å²) in [7, 11) is 1.74. The number of ether oxygens (including phenoxy) is 1. The molecule has 1 heterocycles. The smallest absolute Gasteiger partial charge is 0.203 e. The van der Waals surface area contributed by atoms with E-state index in [1.54, 1.807) is 7.11 Å². The van der Waals surface area contributed by atoms with Crippen LogP contribution in [-0.2, 0) is 11.3 Å². The van der Waals surface area contributed by atoms with E-state index in [1.807, 2.05) is 0 Å². The molecule has 1 aromatic rings. The zero-order valence-electron chi connectivity index (χ0n) is 13.4. The van der Waals surface area contributed by atoms with Crippen LogP contribution < -0.4 is 5.32 Å². The molecule has 1 saturated carbocycles. The van der Waals surface area contributed by atoms with Crippen LogP contribution in [0, 0.1) is 18.8 Å². The Kier molecular flexibility index (Phi) is 5.46. The number of rotatable bonds is 6. The quantitative estimate of drug-likeness (QED) is 0.866. The second kappa shape index (κ2) is 7.11. The van der Waals surface area contributed by atoms with Gasteiger partial charge >= 0.3 is 0 Å². The number of nitrogens with one attached hydrogen (secondary N) is 1. The van der Waals surface area contributed by atoms with Crippen molar-refractivity contribution in [2.45, 2.75) is 59.0 Å². The molecule has 4 nitrogen and oxygen atoms in total. The van der Waals surface area contributed by atoms with Gasteiger partial charge in [0.2, 0.25) is 5.95 Å². The lowest BCUT2D eigenvalue weighted by atomic mass is 9.78. The monoisotopic (exact) mass is 279 g/mol. The lowest BCUT2D eigenvalue weighted by Crippen LogP contribution is -2.36. The third-order valence-corrected chi connectivity index (χ3v) is 4.42. The maximum absolute atomic E-state index is 5.18. The van der Waals surface area contributed by atoms with Gasteiger partial charge in [0, 0.05) is 25.9 Å². The van der Waals surface area contributed by atoms with Crippen molar-refractivity contribution < 1.29 is 4.74 Å². The van der Waals surface area contributed by atoms with Crippen LogP contribution in [0.3, 0.4) is 0 Å². The summed E-state index contributed by atoms with van der Waals surface area (Å²) in [4.78, 5) is 4.65. The number of imidazole rings is 1. The summed E-state index contributed by atoms with van der Waals surface area (Å²) in [5, 5.41) is 3.71. The predicted molar refractivity (Wildman–Crippen MR) is 83.0 cm³/mol. The Morgan fingerprint density at radius 3 is 2.85 bits per heavy atom. The molecule has 1 aliphatic rings. The molecular formula is C16H29N3O. The standard InChI is InChI=1S/C16H29N3O/c1-12(2)14-7-5-6-8-15(14)18-16-17-13(3)11-19(16)9-10-20-4/h11-12,14-15H,5-10H2,1-4H3,(H,17,18). The van der Waals surface area contributed by atoms with Crippen molar-refractivity contribution in [3.05, 3.63) is 11.9 Å². The molecule has 0 radical (unpaired) electrons. The number of aromatic nitrogens is 2. The highest BCUT2D eigenvalue weighted by Crippen LogP contribution is 2.32. The van der Waals surface area contributed by atoms with Crippen LogP contribution in [0.1, 0.15) is 45.2 Å². The zero-order chi connectivity index (χ0) is 14.5. The van der Waals surface area contributed by atoms with Gasteiger partial charge in [0.1, 0.15) is 0 Å². The normalized spacial score (nSPS) is 23.2. The summed E-state index contributed by atoms with van der Waals surface area (Å²) in [6.45, 7) is 8.32. The van der Waals surface area contributed by atoms with Gasteiger partial charge in [-0.15, -0.1) is 0 Å². The van der Waals surface area contributed by atoms with Gasteiger partial charge in [0.05, 0.1) is 12.3 Å². The molecule has 2 atom stereocenters. The Balaban J connectivity index is 2.07. The first-order valence-corrected chi connectivity index (χ1v) is 7.91. The van der Waals surface area contributed by atoms with Gasteiger partial charge in [0.15, 0.2) is 0 Å². The summed E-state index contributed by atoms with van der Waals surface area (Å²) in [5.74, 6) is 2.50. The average molecular weight is 279 g/mol. The van der Waals surface area contributed by atoms with Crippen LogP contribution in [0.2, 0.25) is 0 Å². The van der Waals surface area contributed by atoms with Crippen molar-refractivity contribution >= 4 is 5.95 Å². The number of nitrogens with zero attached hydrogens (tertiary/aromatic N) is 2. The van der Waals surface area contributed by atoms with Crippen molar-refractivity contribution in [1.29, 1.82) is 0 Å². The number of anilines is 1. The highest BCUT2D eigenvalue weighted by molar-refractivity contribution is 5.31.